The number of rotatable bonds is 8. The van der Waals surface area contributed by atoms with Crippen LogP contribution in [0.15, 0.2) is 43.0 Å². The number of benzene rings is 1. The van der Waals surface area contributed by atoms with Gasteiger partial charge in [0.1, 0.15) is 23.8 Å². The Morgan fingerprint density at radius 2 is 1.62 bits per heavy atom. The molecule has 7 nitrogen and oxygen atoms in total. The van der Waals surface area contributed by atoms with Crippen LogP contribution in [0.4, 0.5) is 4.79 Å². The molecule has 1 aromatic carbocycles. The molecule has 2 N–H and O–H groups in total. The molecule has 0 radical (unpaired) electrons. The lowest BCUT2D eigenvalue weighted by Gasteiger charge is -2.26. The fourth-order valence-corrected chi connectivity index (χ4v) is 2.45. The Bertz CT molecular complexity index is 710. The Morgan fingerprint density at radius 3 is 2.10 bits per heavy atom. The highest BCUT2D eigenvalue weighted by Gasteiger charge is 2.29. The molecule has 160 valence electrons. The van der Waals surface area contributed by atoms with Gasteiger partial charge in [-0.1, -0.05) is 50.8 Å². The highest BCUT2D eigenvalue weighted by Crippen LogP contribution is 2.18. The molecule has 0 aliphatic heterocycles. The van der Waals surface area contributed by atoms with E-state index in [0.29, 0.717) is 0 Å². The van der Waals surface area contributed by atoms with Crippen LogP contribution in [0.1, 0.15) is 53.2 Å². The van der Waals surface area contributed by atoms with Crippen LogP contribution in [-0.2, 0) is 19.1 Å². The quantitative estimate of drug-likeness (QED) is 0.511. The highest BCUT2D eigenvalue weighted by molar-refractivity contribution is 5.89. The first kappa shape index (κ1) is 24.2. The van der Waals surface area contributed by atoms with Crippen LogP contribution in [0.25, 0.3) is 0 Å². The van der Waals surface area contributed by atoms with Crippen molar-refractivity contribution in [3.05, 3.63) is 48.6 Å². The van der Waals surface area contributed by atoms with Gasteiger partial charge in [-0.3, -0.25) is 4.79 Å². The molecule has 0 heterocycles. The van der Waals surface area contributed by atoms with Gasteiger partial charge in [0.15, 0.2) is 0 Å². The maximum Gasteiger partial charge on any atom is 0.408 e. The van der Waals surface area contributed by atoms with Crippen LogP contribution in [-0.4, -0.2) is 35.7 Å². The summed E-state index contributed by atoms with van der Waals surface area (Å²) in [6.45, 7) is 14.0. The van der Waals surface area contributed by atoms with Crippen molar-refractivity contribution in [3.63, 3.8) is 0 Å². The molecule has 0 fully saturated rings. The molecule has 1 rings (SSSR count). The fourth-order valence-electron chi connectivity index (χ4n) is 2.45. The maximum atomic E-state index is 12.6. The number of esters is 1. The van der Waals surface area contributed by atoms with Crippen molar-refractivity contribution in [1.29, 1.82) is 0 Å². The lowest BCUT2D eigenvalue weighted by molar-refractivity contribution is -0.151. The number of hydrogen-bond donors (Lipinski definition) is 2. The third-order valence-electron chi connectivity index (χ3n) is 3.92. The van der Waals surface area contributed by atoms with Gasteiger partial charge in [-0.15, -0.1) is 0 Å². The Morgan fingerprint density at radius 1 is 1.03 bits per heavy atom. The van der Waals surface area contributed by atoms with E-state index in [0.717, 1.165) is 5.56 Å². The van der Waals surface area contributed by atoms with Gasteiger partial charge in [-0.05, 0) is 45.3 Å². The Kier molecular flexibility index (Phi) is 8.88. The van der Waals surface area contributed by atoms with Crippen molar-refractivity contribution in [2.45, 2.75) is 65.3 Å². The van der Waals surface area contributed by atoms with Crippen molar-refractivity contribution in [2.75, 3.05) is 0 Å². The minimum atomic E-state index is -0.907. The molecular weight excluding hydrogens is 372 g/mol. The average Bonchev–Trinajstić information content (AvgIpc) is 2.62. The van der Waals surface area contributed by atoms with E-state index in [9.17, 15) is 14.4 Å². The number of ether oxygens (including phenoxy) is 2. The third kappa shape index (κ3) is 8.37. The minimum Gasteiger partial charge on any atom is -0.452 e. The molecule has 0 aliphatic rings. The summed E-state index contributed by atoms with van der Waals surface area (Å²) in [6.07, 6.45) is 0.198. The Hall–Kier alpha value is -2.83. The largest absolute Gasteiger partial charge is 0.452 e. The van der Waals surface area contributed by atoms with Gasteiger partial charge in [0.2, 0.25) is 5.91 Å². The summed E-state index contributed by atoms with van der Waals surface area (Å²) >= 11 is 0. The molecule has 0 unspecified atom stereocenters. The summed E-state index contributed by atoms with van der Waals surface area (Å²) in [5.74, 6) is -1.31. The normalized spacial score (nSPS) is 14.3. The molecule has 29 heavy (non-hydrogen) atoms. The fraction of sp³-hybridized carbons (Fsp3) is 0.500. The van der Waals surface area contributed by atoms with Crippen LogP contribution in [0.3, 0.4) is 0 Å². The van der Waals surface area contributed by atoms with Crippen molar-refractivity contribution in [1.82, 2.24) is 10.6 Å². The third-order valence-corrected chi connectivity index (χ3v) is 3.92. The molecule has 0 saturated heterocycles. The van der Waals surface area contributed by atoms with Gasteiger partial charge < -0.3 is 20.1 Å². The zero-order valence-corrected chi connectivity index (χ0v) is 18.0. The SMILES string of the molecule is C=C[C@H](OC(=O)[C@@H](C)NC(=O)[C@@H](NC(=O)OC(C)(C)C)C(C)C)c1ccccc1. The number of carbonyl (C=O) groups is 3. The van der Waals surface area contributed by atoms with E-state index in [1.165, 1.54) is 13.0 Å². The number of amides is 2. The van der Waals surface area contributed by atoms with Crippen LogP contribution in [0, 0.1) is 5.92 Å². The van der Waals surface area contributed by atoms with Crippen LogP contribution in [0.5, 0.6) is 0 Å². The second kappa shape index (κ2) is 10.6. The molecule has 7 heteroatoms. The van der Waals surface area contributed by atoms with Crippen LogP contribution >= 0.6 is 0 Å². The molecule has 3 atom stereocenters. The van der Waals surface area contributed by atoms with E-state index in [1.54, 1.807) is 34.6 Å². The van der Waals surface area contributed by atoms with E-state index in [4.69, 9.17) is 9.47 Å². The zero-order valence-electron chi connectivity index (χ0n) is 18.0. The number of carbonyl (C=O) groups excluding carboxylic acids is 3. The van der Waals surface area contributed by atoms with Gasteiger partial charge in [0.05, 0.1) is 0 Å². The lowest BCUT2D eigenvalue weighted by atomic mass is 10.0. The second-order valence-corrected chi connectivity index (χ2v) is 8.10. The number of alkyl carbamates (subject to hydrolysis) is 1. The number of nitrogens with one attached hydrogen (secondary N) is 2. The molecule has 0 aliphatic carbocycles. The predicted molar refractivity (Wildman–Crippen MR) is 111 cm³/mol. The second-order valence-electron chi connectivity index (χ2n) is 8.10. The maximum absolute atomic E-state index is 12.6. The lowest BCUT2D eigenvalue weighted by Crippen LogP contribution is -2.54. The zero-order chi connectivity index (χ0) is 22.2. The van der Waals surface area contributed by atoms with Crippen molar-refractivity contribution < 1.29 is 23.9 Å². The molecule has 0 saturated carbocycles. The summed E-state index contributed by atoms with van der Waals surface area (Å²) < 4.78 is 10.7. The Balaban J connectivity index is 2.72. The standard InChI is InChI=1S/C22H32N2O5/c1-8-17(16-12-10-9-11-13-16)28-20(26)15(4)23-19(25)18(14(2)3)24-21(27)29-22(5,6)7/h8-15,17-18H,1H2,2-7H3,(H,23,25)(H,24,27)/t15-,17+,18+/m1/s1. The first-order valence-corrected chi connectivity index (χ1v) is 9.62. The van der Waals surface area contributed by atoms with Crippen molar-refractivity contribution >= 4 is 18.0 Å². The monoisotopic (exact) mass is 404 g/mol. The first-order chi connectivity index (χ1) is 13.4. The van der Waals surface area contributed by atoms with E-state index < -0.39 is 41.8 Å². The Labute approximate surface area is 172 Å². The van der Waals surface area contributed by atoms with Gasteiger partial charge in [-0.2, -0.15) is 0 Å². The van der Waals surface area contributed by atoms with Gasteiger partial charge >= 0.3 is 12.1 Å². The predicted octanol–water partition coefficient (Wildman–Crippen LogP) is 3.51. The molecule has 0 spiro atoms. The van der Waals surface area contributed by atoms with E-state index in [-0.39, 0.29) is 5.92 Å². The smallest absolute Gasteiger partial charge is 0.408 e. The first-order valence-electron chi connectivity index (χ1n) is 9.62. The summed E-state index contributed by atoms with van der Waals surface area (Å²) in [5, 5.41) is 5.15. The van der Waals surface area contributed by atoms with Crippen LogP contribution in [0.2, 0.25) is 0 Å². The molecule has 0 bridgehead atoms. The molecule has 2 amide bonds. The summed E-state index contributed by atoms with van der Waals surface area (Å²) in [7, 11) is 0. The van der Waals surface area contributed by atoms with Gasteiger partial charge in [0.25, 0.3) is 0 Å². The van der Waals surface area contributed by atoms with Crippen LogP contribution < -0.4 is 10.6 Å². The minimum absolute atomic E-state index is 0.212. The van der Waals surface area contributed by atoms with Gasteiger partial charge in [0, 0.05) is 0 Å². The average molecular weight is 405 g/mol. The van der Waals surface area contributed by atoms with Crippen molar-refractivity contribution in [2.24, 2.45) is 5.92 Å². The van der Waals surface area contributed by atoms with E-state index >= 15 is 0 Å². The summed E-state index contributed by atoms with van der Waals surface area (Å²) in [5.41, 5.74) is 0.0945. The molecule has 0 aromatic heterocycles. The number of hydrogen-bond acceptors (Lipinski definition) is 5. The van der Waals surface area contributed by atoms with E-state index in [1.807, 2.05) is 30.3 Å². The van der Waals surface area contributed by atoms with Gasteiger partial charge in [-0.25, -0.2) is 9.59 Å². The van der Waals surface area contributed by atoms with E-state index in [2.05, 4.69) is 17.2 Å². The molecular formula is C22H32N2O5. The van der Waals surface area contributed by atoms with Crippen molar-refractivity contribution in [3.8, 4) is 0 Å². The summed E-state index contributed by atoms with van der Waals surface area (Å²) in [4.78, 5) is 37.1. The highest BCUT2D eigenvalue weighted by atomic mass is 16.6. The topological polar surface area (TPSA) is 93.7 Å². The molecule has 1 aromatic rings. The summed E-state index contributed by atoms with van der Waals surface area (Å²) in [6, 6.07) is 7.41.